The molecule has 0 aliphatic heterocycles. The number of phenolic OH excluding ortho intramolecular Hbond substituents is 1. The van der Waals surface area contributed by atoms with E-state index in [4.69, 9.17) is 0 Å². The maximum atomic E-state index is 9.27. The summed E-state index contributed by atoms with van der Waals surface area (Å²) in [5.41, 5.74) is 2.12. The second-order valence-electron chi connectivity index (χ2n) is 4.40. The van der Waals surface area contributed by atoms with Crippen molar-refractivity contribution in [2.45, 2.75) is 6.54 Å². The molecule has 0 saturated heterocycles. The van der Waals surface area contributed by atoms with Crippen LogP contribution in [-0.2, 0) is 13.6 Å². The molecule has 17 heavy (non-hydrogen) atoms. The van der Waals surface area contributed by atoms with Gasteiger partial charge in [-0.05, 0) is 38.4 Å². The topological polar surface area (TPSA) is 41.3 Å². The summed E-state index contributed by atoms with van der Waals surface area (Å²) in [6.07, 6.45) is 1.87. The maximum absolute atomic E-state index is 9.27. The lowest BCUT2D eigenvalue weighted by Gasteiger charge is -2.10. The van der Waals surface area contributed by atoms with Gasteiger partial charge in [0.15, 0.2) is 0 Å². The van der Waals surface area contributed by atoms with E-state index in [1.165, 1.54) is 0 Å². The predicted molar refractivity (Wildman–Crippen MR) is 67.7 cm³/mol. The molecule has 0 aliphatic rings. The molecule has 0 bridgehead atoms. The number of rotatable bonds is 3. The van der Waals surface area contributed by atoms with E-state index in [1.807, 2.05) is 39.5 Å². The minimum Gasteiger partial charge on any atom is -0.508 e. The van der Waals surface area contributed by atoms with Crippen molar-refractivity contribution in [2.75, 3.05) is 14.1 Å². The van der Waals surface area contributed by atoms with Gasteiger partial charge in [0, 0.05) is 12.6 Å². The van der Waals surface area contributed by atoms with Gasteiger partial charge in [0.2, 0.25) is 0 Å². The second kappa shape index (κ2) is 4.59. The molecule has 2 rings (SSSR count). The lowest BCUT2D eigenvalue weighted by Crippen LogP contribution is -2.14. The first kappa shape index (κ1) is 11.7. The van der Waals surface area contributed by atoms with E-state index in [0.717, 1.165) is 23.6 Å². The van der Waals surface area contributed by atoms with Crippen LogP contribution < -0.4 is 0 Å². The Morgan fingerprint density at radius 3 is 2.47 bits per heavy atom. The molecule has 0 aliphatic carbocycles. The van der Waals surface area contributed by atoms with Crippen LogP contribution in [0.3, 0.4) is 0 Å². The Hall–Kier alpha value is -1.81. The standard InChI is InChI=1S/C13H17N3O/c1-15(2)9-13-14-8-12(16(13)3)10-4-6-11(17)7-5-10/h4-8,17H,9H2,1-3H3. The van der Waals surface area contributed by atoms with Crippen molar-refractivity contribution in [2.24, 2.45) is 7.05 Å². The van der Waals surface area contributed by atoms with Gasteiger partial charge in [0.1, 0.15) is 11.6 Å². The van der Waals surface area contributed by atoms with Gasteiger partial charge >= 0.3 is 0 Å². The first-order valence-electron chi connectivity index (χ1n) is 5.52. The van der Waals surface area contributed by atoms with Gasteiger partial charge in [-0.2, -0.15) is 0 Å². The summed E-state index contributed by atoms with van der Waals surface area (Å²) in [5.74, 6) is 1.31. The van der Waals surface area contributed by atoms with Crippen LogP contribution in [0.2, 0.25) is 0 Å². The summed E-state index contributed by atoms with van der Waals surface area (Å²) in [5, 5.41) is 9.27. The monoisotopic (exact) mass is 231 g/mol. The third kappa shape index (κ3) is 2.47. The first-order valence-corrected chi connectivity index (χ1v) is 5.52. The van der Waals surface area contributed by atoms with E-state index in [2.05, 4.69) is 14.5 Å². The molecule has 90 valence electrons. The summed E-state index contributed by atoms with van der Waals surface area (Å²) in [6, 6.07) is 7.17. The van der Waals surface area contributed by atoms with Gasteiger partial charge in [0.25, 0.3) is 0 Å². The van der Waals surface area contributed by atoms with Gasteiger partial charge in [-0.1, -0.05) is 0 Å². The number of hydrogen-bond donors (Lipinski definition) is 1. The number of aromatic nitrogens is 2. The van der Waals surface area contributed by atoms with Crippen molar-refractivity contribution in [3.63, 3.8) is 0 Å². The molecule has 0 spiro atoms. The molecule has 0 saturated carbocycles. The number of imidazole rings is 1. The zero-order valence-electron chi connectivity index (χ0n) is 10.4. The van der Waals surface area contributed by atoms with Crippen LogP contribution in [0, 0.1) is 0 Å². The maximum Gasteiger partial charge on any atom is 0.123 e. The largest absolute Gasteiger partial charge is 0.508 e. The van der Waals surface area contributed by atoms with Gasteiger partial charge in [0.05, 0.1) is 18.4 Å². The molecule has 0 unspecified atom stereocenters. The molecule has 4 heteroatoms. The molecular weight excluding hydrogens is 214 g/mol. The number of hydrogen-bond acceptors (Lipinski definition) is 3. The Morgan fingerprint density at radius 2 is 1.88 bits per heavy atom. The average molecular weight is 231 g/mol. The van der Waals surface area contributed by atoms with Crippen LogP contribution >= 0.6 is 0 Å². The van der Waals surface area contributed by atoms with E-state index in [1.54, 1.807) is 12.1 Å². The highest BCUT2D eigenvalue weighted by Gasteiger charge is 2.08. The van der Waals surface area contributed by atoms with E-state index < -0.39 is 0 Å². The highest BCUT2D eigenvalue weighted by Crippen LogP contribution is 2.22. The van der Waals surface area contributed by atoms with Crippen LogP contribution in [0.5, 0.6) is 5.75 Å². The van der Waals surface area contributed by atoms with E-state index in [9.17, 15) is 5.11 Å². The molecule has 1 aromatic carbocycles. The third-order valence-electron chi connectivity index (χ3n) is 2.71. The second-order valence-corrected chi connectivity index (χ2v) is 4.40. The number of aromatic hydroxyl groups is 1. The molecular formula is C13H17N3O. The van der Waals surface area contributed by atoms with Crippen molar-refractivity contribution in [3.8, 4) is 17.0 Å². The van der Waals surface area contributed by atoms with Crippen LogP contribution in [-0.4, -0.2) is 33.7 Å². The summed E-state index contributed by atoms with van der Waals surface area (Å²) < 4.78 is 2.08. The summed E-state index contributed by atoms with van der Waals surface area (Å²) in [4.78, 5) is 6.50. The van der Waals surface area contributed by atoms with E-state index in [-0.39, 0.29) is 5.75 Å². The van der Waals surface area contributed by atoms with Crippen molar-refractivity contribution >= 4 is 0 Å². The van der Waals surface area contributed by atoms with Crippen LogP contribution in [0.25, 0.3) is 11.3 Å². The molecule has 0 fully saturated rings. The normalized spacial score (nSPS) is 11.1. The summed E-state index contributed by atoms with van der Waals surface area (Å²) >= 11 is 0. The zero-order valence-corrected chi connectivity index (χ0v) is 10.4. The zero-order chi connectivity index (χ0) is 12.4. The Labute approximate surface area is 101 Å². The van der Waals surface area contributed by atoms with Crippen molar-refractivity contribution in [3.05, 3.63) is 36.3 Å². The molecule has 0 atom stereocenters. The van der Waals surface area contributed by atoms with E-state index in [0.29, 0.717) is 0 Å². The molecule has 1 N–H and O–H groups in total. The van der Waals surface area contributed by atoms with Crippen molar-refractivity contribution in [1.29, 1.82) is 0 Å². The Kier molecular flexibility index (Phi) is 3.15. The van der Waals surface area contributed by atoms with Crippen molar-refractivity contribution < 1.29 is 5.11 Å². The Balaban J connectivity index is 2.33. The molecule has 0 amide bonds. The minimum absolute atomic E-state index is 0.282. The predicted octanol–water partition coefficient (Wildman–Crippen LogP) is 1.85. The fraction of sp³-hybridized carbons (Fsp3) is 0.308. The van der Waals surface area contributed by atoms with Crippen LogP contribution in [0.4, 0.5) is 0 Å². The lowest BCUT2D eigenvalue weighted by atomic mass is 10.1. The first-order chi connectivity index (χ1) is 8.08. The molecule has 1 aromatic heterocycles. The number of phenols is 1. The summed E-state index contributed by atoms with van der Waals surface area (Å²) in [6.45, 7) is 0.814. The number of nitrogens with zero attached hydrogens (tertiary/aromatic N) is 3. The fourth-order valence-electron chi connectivity index (χ4n) is 1.78. The fourth-order valence-corrected chi connectivity index (χ4v) is 1.78. The van der Waals surface area contributed by atoms with E-state index >= 15 is 0 Å². The van der Waals surface area contributed by atoms with Gasteiger partial charge in [-0.15, -0.1) is 0 Å². The third-order valence-corrected chi connectivity index (χ3v) is 2.71. The van der Waals surface area contributed by atoms with Crippen LogP contribution in [0.15, 0.2) is 30.5 Å². The average Bonchev–Trinajstić information content (AvgIpc) is 2.61. The van der Waals surface area contributed by atoms with Gasteiger partial charge in [-0.25, -0.2) is 4.98 Å². The minimum atomic E-state index is 0.282. The molecule has 0 radical (unpaired) electrons. The smallest absolute Gasteiger partial charge is 0.123 e. The summed E-state index contributed by atoms with van der Waals surface area (Å²) in [7, 11) is 6.05. The highest BCUT2D eigenvalue weighted by molar-refractivity contribution is 5.60. The lowest BCUT2D eigenvalue weighted by molar-refractivity contribution is 0.385. The molecule has 4 nitrogen and oxygen atoms in total. The Bertz CT molecular complexity index is 500. The highest BCUT2D eigenvalue weighted by atomic mass is 16.3. The molecule has 1 heterocycles. The van der Waals surface area contributed by atoms with Gasteiger partial charge in [-0.3, -0.25) is 0 Å². The van der Waals surface area contributed by atoms with Crippen molar-refractivity contribution in [1.82, 2.24) is 14.5 Å². The quantitative estimate of drug-likeness (QED) is 0.876. The van der Waals surface area contributed by atoms with Crippen LogP contribution in [0.1, 0.15) is 5.82 Å². The molecule has 2 aromatic rings. The SMILES string of the molecule is CN(C)Cc1ncc(-c2ccc(O)cc2)n1C. The number of benzene rings is 1. The Morgan fingerprint density at radius 1 is 1.24 bits per heavy atom. The van der Waals surface area contributed by atoms with Gasteiger partial charge < -0.3 is 14.6 Å².